The van der Waals surface area contributed by atoms with E-state index in [1.165, 1.54) is 11.3 Å². The van der Waals surface area contributed by atoms with Crippen LogP contribution in [0.1, 0.15) is 48.6 Å². The Hall–Kier alpha value is -1.87. The van der Waals surface area contributed by atoms with Crippen molar-refractivity contribution in [2.45, 2.75) is 46.0 Å². The van der Waals surface area contributed by atoms with Crippen molar-refractivity contribution in [3.8, 4) is 6.07 Å². The Bertz CT molecular complexity index is 700. The molecule has 0 spiro atoms. The molecule has 1 aliphatic carbocycles. The molecular weight excluding hydrogens is 322 g/mol. The molecule has 1 aromatic heterocycles. The van der Waals surface area contributed by atoms with Crippen LogP contribution in [0.25, 0.3) is 0 Å². The minimum Gasteiger partial charge on any atom is -0.342 e. The molecule has 6 heteroatoms. The molecule has 2 heterocycles. The van der Waals surface area contributed by atoms with Crippen molar-refractivity contribution in [1.29, 1.82) is 5.26 Å². The van der Waals surface area contributed by atoms with E-state index in [1.807, 2.05) is 18.7 Å². The highest BCUT2D eigenvalue weighted by molar-refractivity contribution is 7.16. The van der Waals surface area contributed by atoms with Crippen molar-refractivity contribution in [3.63, 3.8) is 0 Å². The zero-order chi connectivity index (χ0) is 17.3. The fourth-order valence-electron chi connectivity index (χ4n) is 3.40. The van der Waals surface area contributed by atoms with Crippen LogP contribution in [0.3, 0.4) is 0 Å². The maximum atomic E-state index is 12.6. The number of likely N-dealkylation sites (tertiary alicyclic amines) is 1. The van der Waals surface area contributed by atoms with Gasteiger partial charge in [0.1, 0.15) is 11.1 Å². The second kappa shape index (κ2) is 6.94. The van der Waals surface area contributed by atoms with Crippen LogP contribution >= 0.6 is 11.3 Å². The lowest BCUT2D eigenvalue weighted by molar-refractivity contribution is -0.135. The van der Waals surface area contributed by atoms with E-state index in [2.05, 4.69) is 11.4 Å². The first-order chi connectivity index (χ1) is 11.5. The van der Waals surface area contributed by atoms with Crippen molar-refractivity contribution >= 4 is 28.2 Å². The summed E-state index contributed by atoms with van der Waals surface area (Å²) in [6.45, 7) is 5.27. The highest BCUT2D eigenvalue weighted by Crippen LogP contribution is 2.35. The number of thiophene rings is 1. The molecule has 0 unspecified atom stereocenters. The second-order valence-electron chi connectivity index (χ2n) is 6.69. The Balaban J connectivity index is 1.68. The fourth-order valence-corrected chi connectivity index (χ4v) is 4.50. The van der Waals surface area contributed by atoms with Gasteiger partial charge in [-0.25, -0.2) is 0 Å². The lowest BCUT2D eigenvalue weighted by Crippen LogP contribution is -2.44. The number of aryl methyl sites for hydroxylation is 1. The van der Waals surface area contributed by atoms with Crippen LogP contribution in [0.4, 0.5) is 5.00 Å². The third-order valence-corrected chi connectivity index (χ3v) is 6.00. The molecule has 128 valence electrons. The van der Waals surface area contributed by atoms with Gasteiger partial charge in [-0.05, 0) is 44.6 Å². The normalized spacial score (nSPS) is 20.5. The summed E-state index contributed by atoms with van der Waals surface area (Å²) in [7, 11) is 0. The first-order valence-electron chi connectivity index (χ1n) is 8.67. The summed E-state index contributed by atoms with van der Waals surface area (Å²) in [6, 6.07) is 2.23. The first kappa shape index (κ1) is 17.0. The average molecular weight is 345 g/mol. The summed E-state index contributed by atoms with van der Waals surface area (Å²) in [6.07, 6.45) is 4.44. The predicted octanol–water partition coefficient (Wildman–Crippen LogP) is 3.08. The summed E-state index contributed by atoms with van der Waals surface area (Å²) in [4.78, 5) is 27.8. The van der Waals surface area contributed by atoms with Crippen LogP contribution in [-0.4, -0.2) is 29.8 Å². The summed E-state index contributed by atoms with van der Waals surface area (Å²) < 4.78 is 0. The van der Waals surface area contributed by atoms with Crippen LogP contribution in [0.2, 0.25) is 0 Å². The van der Waals surface area contributed by atoms with Crippen LogP contribution < -0.4 is 5.32 Å². The van der Waals surface area contributed by atoms with Gasteiger partial charge < -0.3 is 10.2 Å². The van der Waals surface area contributed by atoms with E-state index >= 15 is 0 Å². The van der Waals surface area contributed by atoms with E-state index in [1.54, 1.807) is 0 Å². The lowest BCUT2D eigenvalue weighted by atomic mass is 9.96. The quantitative estimate of drug-likeness (QED) is 0.911. The molecule has 2 fully saturated rings. The number of nitriles is 1. The van der Waals surface area contributed by atoms with Gasteiger partial charge in [-0.15, -0.1) is 11.3 Å². The van der Waals surface area contributed by atoms with Crippen LogP contribution in [-0.2, 0) is 16.0 Å². The monoisotopic (exact) mass is 345 g/mol. The molecule has 0 radical (unpaired) electrons. The van der Waals surface area contributed by atoms with Crippen LogP contribution in [0.5, 0.6) is 0 Å². The highest BCUT2D eigenvalue weighted by atomic mass is 32.1. The smallest absolute Gasteiger partial charge is 0.229 e. The molecule has 1 saturated heterocycles. The number of carbonyl (C=O) groups excluding carboxylic acids is 2. The van der Waals surface area contributed by atoms with Gasteiger partial charge in [0.25, 0.3) is 0 Å². The van der Waals surface area contributed by atoms with Gasteiger partial charge in [0.15, 0.2) is 0 Å². The van der Waals surface area contributed by atoms with Crippen molar-refractivity contribution < 1.29 is 9.59 Å². The fraction of sp³-hybridized carbons (Fsp3) is 0.611. The first-order valence-corrected chi connectivity index (χ1v) is 9.48. The Kier molecular flexibility index (Phi) is 4.91. The maximum Gasteiger partial charge on any atom is 0.229 e. The van der Waals surface area contributed by atoms with E-state index in [4.69, 9.17) is 0 Å². The molecule has 1 saturated carbocycles. The van der Waals surface area contributed by atoms with Crippen molar-refractivity contribution in [3.05, 3.63) is 16.0 Å². The molecule has 24 heavy (non-hydrogen) atoms. The van der Waals surface area contributed by atoms with Crippen molar-refractivity contribution in [2.24, 2.45) is 11.8 Å². The Morgan fingerprint density at radius 3 is 2.71 bits per heavy atom. The summed E-state index contributed by atoms with van der Waals surface area (Å²) in [5, 5.41) is 13.0. The minimum atomic E-state index is -0.180. The maximum absolute atomic E-state index is 12.6. The van der Waals surface area contributed by atoms with Crippen LogP contribution in [0, 0.1) is 30.1 Å². The minimum absolute atomic E-state index is 0.0660. The number of piperidine rings is 1. The van der Waals surface area contributed by atoms with E-state index in [0.29, 0.717) is 17.1 Å². The number of anilines is 1. The summed E-state index contributed by atoms with van der Waals surface area (Å²) in [5.41, 5.74) is 1.61. The second-order valence-corrected chi connectivity index (χ2v) is 7.92. The zero-order valence-electron chi connectivity index (χ0n) is 14.2. The number of amides is 2. The van der Waals surface area contributed by atoms with E-state index in [-0.39, 0.29) is 23.7 Å². The SMILES string of the molecule is CCc1c(C)sc(NC(=O)[C@@H]2CCCN(C(=O)C3CC3)C2)c1C#N. The molecule has 2 aliphatic rings. The standard InChI is InChI=1S/C18H23N3O2S/c1-3-14-11(2)24-17(15(14)9-19)20-16(22)13-5-4-8-21(10-13)18(23)12-6-7-12/h12-13H,3-8,10H2,1-2H3,(H,20,22)/t13-/m1/s1. The van der Waals surface area contributed by atoms with Crippen molar-refractivity contribution in [1.82, 2.24) is 4.90 Å². The largest absolute Gasteiger partial charge is 0.342 e. The average Bonchev–Trinajstić information content (AvgIpc) is 3.38. The molecule has 1 atom stereocenters. The zero-order valence-corrected chi connectivity index (χ0v) is 15.0. The Labute approximate surface area is 146 Å². The third-order valence-electron chi connectivity index (χ3n) is 4.94. The van der Waals surface area contributed by atoms with Gasteiger partial charge in [0.2, 0.25) is 11.8 Å². The van der Waals surface area contributed by atoms with Gasteiger partial charge in [-0.1, -0.05) is 6.92 Å². The molecule has 1 aromatic rings. The molecular formula is C18H23N3O2S. The number of carbonyl (C=O) groups is 2. The Morgan fingerprint density at radius 1 is 1.33 bits per heavy atom. The van der Waals surface area contributed by atoms with E-state index in [0.717, 1.165) is 49.1 Å². The number of nitrogens with zero attached hydrogens (tertiary/aromatic N) is 2. The molecule has 3 rings (SSSR count). The molecule has 2 amide bonds. The predicted molar refractivity (Wildman–Crippen MR) is 93.8 cm³/mol. The molecule has 0 aromatic carbocycles. The number of hydrogen-bond donors (Lipinski definition) is 1. The van der Waals surface area contributed by atoms with Gasteiger partial charge in [-0.2, -0.15) is 5.26 Å². The molecule has 1 N–H and O–H groups in total. The van der Waals surface area contributed by atoms with Crippen molar-refractivity contribution in [2.75, 3.05) is 18.4 Å². The van der Waals surface area contributed by atoms with E-state index in [9.17, 15) is 14.9 Å². The van der Waals surface area contributed by atoms with Gasteiger partial charge >= 0.3 is 0 Å². The highest BCUT2D eigenvalue weighted by Gasteiger charge is 2.36. The molecule has 1 aliphatic heterocycles. The van der Waals surface area contributed by atoms with Crippen LogP contribution in [0.15, 0.2) is 0 Å². The molecule has 5 nitrogen and oxygen atoms in total. The third kappa shape index (κ3) is 3.32. The summed E-state index contributed by atoms with van der Waals surface area (Å²) >= 11 is 1.47. The lowest BCUT2D eigenvalue weighted by Gasteiger charge is -2.32. The number of hydrogen-bond acceptors (Lipinski definition) is 4. The molecule has 0 bridgehead atoms. The Morgan fingerprint density at radius 2 is 2.08 bits per heavy atom. The van der Waals surface area contributed by atoms with Gasteiger partial charge in [0, 0.05) is 23.9 Å². The topological polar surface area (TPSA) is 73.2 Å². The van der Waals surface area contributed by atoms with E-state index < -0.39 is 0 Å². The van der Waals surface area contributed by atoms with Gasteiger partial charge in [0.05, 0.1) is 11.5 Å². The summed E-state index contributed by atoms with van der Waals surface area (Å²) in [5.74, 6) is 0.165. The number of rotatable bonds is 4. The van der Waals surface area contributed by atoms with Gasteiger partial charge in [-0.3, -0.25) is 9.59 Å². The number of nitrogens with one attached hydrogen (secondary N) is 1.